The fraction of sp³-hybridized carbons (Fsp3) is 0.550. The van der Waals surface area contributed by atoms with Gasteiger partial charge in [0.25, 0.3) is 11.8 Å². The van der Waals surface area contributed by atoms with Crippen LogP contribution in [0.15, 0.2) is 24.3 Å². The summed E-state index contributed by atoms with van der Waals surface area (Å²) in [4.78, 5) is 38.3. The van der Waals surface area contributed by atoms with Crippen LogP contribution in [0.5, 0.6) is 5.75 Å². The Balaban J connectivity index is 1.77. The Bertz CT molecular complexity index is 698. The van der Waals surface area contributed by atoms with Crippen LogP contribution >= 0.6 is 0 Å². The maximum absolute atomic E-state index is 12.5. The van der Waals surface area contributed by atoms with Gasteiger partial charge in [0, 0.05) is 19.6 Å². The van der Waals surface area contributed by atoms with Gasteiger partial charge in [-0.3, -0.25) is 14.4 Å². The second kappa shape index (κ2) is 10.1. The lowest BCUT2D eigenvalue weighted by Crippen LogP contribution is -2.51. The minimum atomic E-state index is -0.880. The Morgan fingerprint density at radius 1 is 1.21 bits per heavy atom. The second-order valence-electron chi connectivity index (χ2n) is 6.84. The lowest BCUT2D eigenvalue weighted by atomic mass is 10.2. The molecular formula is C20H28N2O6. The molecule has 0 aliphatic carbocycles. The van der Waals surface area contributed by atoms with Crippen LogP contribution in [0.4, 0.5) is 0 Å². The number of rotatable bonds is 7. The van der Waals surface area contributed by atoms with E-state index in [9.17, 15) is 14.4 Å². The first-order valence-corrected chi connectivity index (χ1v) is 9.36. The van der Waals surface area contributed by atoms with Crippen molar-refractivity contribution in [2.24, 2.45) is 0 Å². The van der Waals surface area contributed by atoms with Crippen LogP contribution in [-0.2, 0) is 19.1 Å². The summed E-state index contributed by atoms with van der Waals surface area (Å²) < 4.78 is 16.0. The predicted molar refractivity (Wildman–Crippen MR) is 102 cm³/mol. The molecule has 1 N–H and O–H groups in total. The molecule has 1 aromatic rings. The van der Waals surface area contributed by atoms with Crippen LogP contribution in [-0.4, -0.2) is 67.7 Å². The number of para-hydroxylation sites is 1. The first-order chi connectivity index (χ1) is 13.3. The summed E-state index contributed by atoms with van der Waals surface area (Å²) in [5.74, 6) is -0.676. The van der Waals surface area contributed by atoms with E-state index in [1.54, 1.807) is 36.1 Å². The topological polar surface area (TPSA) is 94.2 Å². The number of amides is 2. The maximum Gasteiger partial charge on any atom is 0.308 e. The molecule has 0 aromatic heterocycles. The number of hydrogen-bond acceptors (Lipinski definition) is 6. The molecule has 0 spiro atoms. The van der Waals surface area contributed by atoms with E-state index in [1.165, 1.54) is 7.11 Å². The lowest BCUT2D eigenvalue weighted by Gasteiger charge is -2.36. The van der Waals surface area contributed by atoms with Crippen LogP contribution < -0.4 is 10.1 Å². The van der Waals surface area contributed by atoms with Crippen molar-refractivity contribution >= 4 is 17.8 Å². The monoisotopic (exact) mass is 392 g/mol. The number of methoxy groups -OCH3 is 1. The number of nitrogens with one attached hydrogen (secondary N) is 1. The average molecular weight is 392 g/mol. The molecule has 28 heavy (non-hydrogen) atoms. The summed E-state index contributed by atoms with van der Waals surface area (Å²) in [6.07, 6.45) is -1.02. The lowest BCUT2D eigenvalue weighted by molar-refractivity contribution is -0.164. The highest BCUT2D eigenvalue weighted by molar-refractivity contribution is 5.97. The zero-order valence-corrected chi connectivity index (χ0v) is 16.8. The third kappa shape index (κ3) is 5.95. The fourth-order valence-corrected chi connectivity index (χ4v) is 3.13. The number of carbonyl (C=O) groups is 3. The molecule has 0 saturated carbocycles. The van der Waals surface area contributed by atoms with E-state index in [0.29, 0.717) is 24.4 Å². The average Bonchev–Trinajstić information content (AvgIpc) is 2.66. The van der Waals surface area contributed by atoms with Gasteiger partial charge in [-0.2, -0.15) is 0 Å². The van der Waals surface area contributed by atoms with E-state index in [0.717, 1.165) is 0 Å². The molecule has 1 aliphatic rings. The molecule has 3 atom stereocenters. The van der Waals surface area contributed by atoms with Crippen molar-refractivity contribution in [3.8, 4) is 5.75 Å². The molecule has 8 nitrogen and oxygen atoms in total. The van der Waals surface area contributed by atoms with Gasteiger partial charge in [-0.25, -0.2) is 0 Å². The molecule has 2 rings (SSSR count). The van der Waals surface area contributed by atoms with Crippen LogP contribution in [0.2, 0.25) is 0 Å². The molecule has 154 valence electrons. The molecule has 0 bridgehead atoms. The quantitative estimate of drug-likeness (QED) is 0.705. The summed E-state index contributed by atoms with van der Waals surface area (Å²) in [6.45, 7) is 6.40. The molecule has 1 heterocycles. The zero-order chi connectivity index (χ0) is 20.7. The van der Waals surface area contributed by atoms with Crippen molar-refractivity contribution in [2.45, 2.75) is 45.5 Å². The first kappa shape index (κ1) is 21.7. The zero-order valence-electron chi connectivity index (χ0n) is 16.8. The Morgan fingerprint density at radius 3 is 2.50 bits per heavy atom. The van der Waals surface area contributed by atoms with E-state index in [2.05, 4.69) is 5.32 Å². The highest BCUT2D eigenvalue weighted by Gasteiger charge is 2.30. The highest BCUT2D eigenvalue weighted by Crippen LogP contribution is 2.17. The van der Waals surface area contributed by atoms with Gasteiger partial charge in [0.1, 0.15) is 5.75 Å². The molecule has 1 aromatic carbocycles. The Labute approximate surface area is 165 Å². The largest absolute Gasteiger partial charge is 0.496 e. The normalized spacial score (nSPS) is 20.2. The Hall–Kier alpha value is -2.61. The first-order valence-electron chi connectivity index (χ1n) is 9.36. The third-order valence-electron chi connectivity index (χ3n) is 4.35. The van der Waals surface area contributed by atoms with Gasteiger partial charge < -0.3 is 24.4 Å². The SMILES string of the molecule is COc1ccccc1C(=O)NCCC(=O)O[C@H](C)C(=O)N1C[C@@H](C)O[C@H](C)C1. The number of nitrogens with zero attached hydrogens (tertiary/aromatic N) is 1. The van der Waals surface area contributed by atoms with Crippen molar-refractivity contribution in [3.63, 3.8) is 0 Å². The number of morpholine rings is 1. The van der Waals surface area contributed by atoms with Crippen molar-refractivity contribution in [3.05, 3.63) is 29.8 Å². The van der Waals surface area contributed by atoms with Crippen molar-refractivity contribution in [2.75, 3.05) is 26.7 Å². The highest BCUT2D eigenvalue weighted by atomic mass is 16.5. The summed E-state index contributed by atoms with van der Waals surface area (Å²) in [6, 6.07) is 6.81. The molecular weight excluding hydrogens is 364 g/mol. The molecule has 1 aliphatic heterocycles. The Morgan fingerprint density at radius 2 is 1.86 bits per heavy atom. The van der Waals surface area contributed by atoms with Crippen molar-refractivity contribution < 1.29 is 28.6 Å². The van der Waals surface area contributed by atoms with E-state index >= 15 is 0 Å². The molecule has 8 heteroatoms. The Kier molecular flexibility index (Phi) is 7.80. The van der Waals surface area contributed by atoms with Crippen LogP contribution in [0.1, 0.15) is 37.6 Å². The number of ether oxygens (including phenoxy) is 3. The van der Waals surface area contributed by atoms with Crippen LogP contribution in [0.25, 0.3) is 0 Å². The summed E-state index contributed by atoms with van der Waals surface area (Å²) in [7, 11) is 1.48. The molecule has 0 unspecified atom stereocenters. The molecule has 1 fully saturated rings. The van der Waals surface area contributed by atoms with E-state index < -0.39 is 12.1 Å². The minimum absolute atomic E-state index is 0.0333. The predicted octanol–water partition coefficient (Wildman–Crippen LogP) is 1.38. The molecule has 2 amide bonds. The summed E-state index contributed by atoms with van der Waals surface area (Å²) in [5.41, 5.74) is 0.387. The number of benzene rings is 1. The van der Waals surface area contributed by atoms with Gasteiger partial charge in [0.15, 0.2) is 6.10 Å². The van der Waals surface area contributed by atoms with E-state index in [-0.39, 0.29) is 37.0 Å². The smallest absolute Gasteiger partial charge is 0.308 e. The minimum Gasteiger partial charge on any atom is -0.496 e. The second-order valence-corrected chi connectivity index (χ2v) is 6.84. The third-order valence-corrected chi connectivity index (χ3v) is 4.35. The van der Waals surface area contributed by atoms with E-state index in [1.807, 2.05) is 13.8 Å². The van der Waals surface area contributed by atoms with E-state index in [4.69, 9.17) is 14.2 Å². The summed E-state index contributed by atoms with van der Waals surface area (Å²) >= 11 is 0. The fourth-order valence-electron chi connectivity index (χ4n) is 3.13. The van der Waals surface area contributed by atoms with Gasteiger partial charge in [0.2, 0.25) is 0 Å². The number of esters is 1. The number of hydrogen-bond donors (Lipinski definition) is 1. The summed E-state index contributed by atoms with van der Waals surface area (Å²) in [5, 5.41) is 2.65. The van der Waals surface area contributed by atoms with Crippen LogP contribution in [0.3, 0.4) is 0 Å². The van der Waals surface area contributed by atoms with Gasteiger partial charge in [0.05, 0.1) is 31.3 Å². The van der Waals surface area contributed by atoms with Gasteiger partial charge in [-0.05, 0) is 32.9 Å². The van der Waals surface area contributed by atoms with Crippen LogP contribution in [0, 0.1) is 0 Å². The van der Waals surface area contributed by atoms with Crippen molar-refractivity contribution in [1.29, 1.82) is 0 Å². The van der Waals surface area contributed by atoms with Crippen molar-refractivity contribution in [1.82, 2.24) is 10.2 Å². The van der Waals surface area contributed by atoms with Gasteiger partial charge in [-0.15, -0.1) is 0 Å². The standard InChI is InChI=1S/C20H28N2O6/c1-13-11-22(12-14(2)27-13)20(25)15(3)28-18(23)9-10-21-19(24)16-7-5-6-8-17(16)26-4/h5-8,13-15H,9-12H2,1-4H3,(H,21,24)/t13-,14-,15-/m1/s1. The van der Waals surface area contributed by atoms with Gasteiger partial charge >= 0.3 is 5.97 Å². The molecule has 1 saturated heterocycles. The molecule has 0 radical (unpaired) electrons. The number of carbonyl (C=O) groups excluding carboxylic acids is 3. The maximum atomic E-state index is 12.5. The van der Waals surface area contributed by atoms with Gasteiger partial charge in [-0.1, -0.05) is 12.1 Å².